The van der Waals surface area contributed by atoms with Crippen LogP contribution in [-0.2, 0) is 0 Å². The largest absolute Gasteiger partial charge is 0.103 e. The molecule has 1 fully saturated rings. The van der Waals surface area contributed by atoms with Gasteiger partial charge in [-0.05, 0) is 56.3 Å². The lowest BCUT2D eigenvalue weighted by molar-refractivity contribution is 0.419. The van der Waals surface area contributed by atoms with E-state index in [0.717, 1.165) is 24.2 Å². The molecule has 0 aromatic carbocycles. The van der Waals surface area contributed by atoms with Crippen LogP contribution < -0.4 is 0 Å². The Labute approximate surface area is 93.8 Å². The van der Waals surface area contributed by atoms with Gasteiger partial charge in [-0.2, -0.15) is 0 Å². The molecule has 15 heavy (non-hydrogen) atoms. The molecule has 0 amide bonds. The van der Waals surface area contributed by atoms with Gasteiger partial charge in [0.2, 0.25) is 0 Å². The summed E-state index contributed by atoms with van der Waals surface area (Å²) in [7, 11) is 0. The normalized spacial score (nSPS) is 32.9. The van der Waals surface area contributed by atoms with Crippen LogP contribution in [-0.4, -0.2) is 0 Å². The van der Waals surface area contributed by atoms with E-state index in [2.05, 4.69) is 30.9 Å². The highest BCUT2D eigenvalue weighted by atomic mass is 14.4. The molecule has 0 N–H and O–H groups in total. The van der Waals surface area contributed by atoms with Crippen molar-refractivity contribution in [2.75, 3.05) is 0 Å². The molecule has 2 aliphatic rings. The third-order valence-electron chi connectivity index (χ3n) is 3.82. The lowest BCUT2D eigenvalue weighted by Gasteiger charge is -2.16. The van der Waals surface area contributed by atoms with Crippen molar-refractivity contribution >= 4 is 0 Å². The molecule has 0 aromatic rings. The molecular formula is C15H22. The van der Waals surface area contributed by atoms with E-state index < -0.39 is 0 Å². The molecule has 0 radical (unpaired) electrons. The summed E-state index contributed by atoms with van der Waals surface area (Å²) in [6.07, 6.45) is 19.4. The summed E-state index contributed by atoms with van der Waals surface area (Å²) >= 11 is 0. The minimum absolute atomic E-state index is 0.927. The molecule has 0 spiro atoms. The van der Waals surface area contributed by atoms with Crippen LogP contribution in [0, 0.1) is 17.8 Å². The predicted molar refractivity (Wildman–Crippen MR) is 66.6 cm³/mol. The van der Waals surface area contributed by atoms with Crippen molar-refractivity contribution in [3.8, 4) is 0 Å². The highest BCUT2D eigenvalue weighted by Gasteiger charge is 2.34. The standard InChI is InChI=1S/C15H22/c1-2-3-4-5-6-7-8-14-11-13-9-10-15(14)12-13/h2,5-6,9-10,13-15H,1,3-4,7-8,11-12H2. The van der Waals surface area contributed by atoms with Crippen LogP contribution in [0.4, 0.5) is 0 Å². The van der Waals surface area contributed by atoms with Crippen LogP contribution >= 0.6 is 0 Å². The van der Waals surface area contributed by atoms with Crippen molar-refractivity contribution in [3.63, 3.8) is 0 Å². The zero-order valence-corrected chi connectivity index (χ0v) is 9.57. The van der Waals surface area contributed by atoms with Gasteiger partial charge in [0.05, 0.1) is 0 Å². The fourth-order valence-corrected chi connectivity index (χ4v) is 2.99. The van der Waals surface area contributed by atoms with Gasteiger partial charge in [-0.15, -0.1) is 6.58 Å². The fraction of sp³-hybridized carbons (Fsp3) is 0.600. The number of hydrogen-bond donors (Lipinski definition) is 0. The fourth-order valence-electron chi connectivity index (χ4n) is 2.99. The van der Waals surface area contributed by atoms with E-state index in [1.807, 2.05) is 6.08 Å². The van der Waals surface area contributed by atoms with Crippen LogP contribution in [0.25, 0.3) is 0 Å². The maximum Gasteiger partial charge on any atom is -0.0199 e. The lowest BCUT2D eigenvalue weighted by Crippen LogP contribution is -2.05. The molecule has 0 heterocycles. The Morgan fingerprint density at radius 1 is 1.07 bits per heavy atom. The van der Waals surface area contributed by atoms with Crippen molar-refractivity contribution in [3.05, 3.63) is 37.0 Å². The van der Waals surface area contributed by atoms with Crippen molar-refractivity contribution < 1.29 is 0 Å². The van der Waals surface area contributed by atoms with Crippen LogP contribution in [0.2, 0.25) is 0 Å². The number of hydrogen-bond acceptors (Lipinski definition) is 0. The van der Waals surface area contributed by atoms with Crippen LogP contribution in [0.15, 0.2) is 37.0 Å². The smallest absolute Gasteiger partial charge is 0.0199 e. The number of unbranched alkanes of at least 4 members (excludes halogenated alkanes) is 1. The lowest BCUT2D eigenvalue weighted by atomic mass is 9.89. The van der Waals surface area contributed by atoms with Gasteiger partial charge >= 0.3 is 0 Å². The molecule has 1 saturated carbocycles. The highest BCUT2D eigenvalue weighted by molar-refractivity contribution is 5.10. The Bertz CT molecular complexity index is 259. The Hall–Kier alpha value is -0.780. The average molecular weight is 202 g/mol. The molecule has 82 valence electrons. The Balaban J connectivity index is 1.60. The maximum absolute atomic E-state index is 3.73. The zero-order chi connectivity index (χ0) is 10.5. The van der Waals surface area contributed by atoms with Gasteiger partial charge in [0.15, 0.2) is 0 Å². The van der Waals surface area contributed by atoms with Crippen molar-refractivity contribution in [2.45, 2.75) is 38.5 Å². The molecule has 3 unspecified atom stereocenters. The van der Waals surface area contributed by atoms with E-state index in [4.69, 9.17) is 0 Å². The van der Waals surface area contributed by atoms with Crippen molar-refractivity contribution in [1.82, 2.24) is 0 Å². The number of allylic oxidation sites excluding steroid dienone is 5. The topological polar surface area (TPSA) is 0 Å². The van der Waals surface area contributed by atoms with Gasteiger partial charge in [0.25, 0.3) is 0 Å². The summed E-state index contributed by atoms with van der Waals surface area (Å²) in [5, 5.41) is 0. The number of rotatable bonds is 6. The third-order valence-corrected chi connectivity index (χ3v) is 3.82. The molecular weight excluding hydrogens is 180 g/mol. The van der Waals surface area contributed by atoms with Gasteiger partial charge in [-0.25, -0.2) is 0 Å². The van der Waals surface area contributed by atoms with E-state index in [0.29, 0.717) is 0 Å². The first-order chi connectivity index (χ1) is 7.40. The summed E-state index contributed by atoms with van der Waals surface area (Å²) in [5.74, 6) is 2.85. The molecule has 2 rings (SSSR count). The quantitative estimate of drug-likeness (QED) is 0.439. The van der Waals surface area contributed by atoms with Gasteiger partial charge in [0.1, 0.15) is 0 Å². The molecule has 0 heteroatoms. The van der Waals surface area contributed by atoms with Gasteiger partial charge in [0, 0.05) is 0 Å². The molecule has 3 atom stereocenters. The predicted octanol–water partition coefficient (Wildman–Crippen LogP) is 4.50. The Morgan fingerprint density at radius 3 is 2.60 bits per heavy atom. The molecule has 2 bridgehead atoms. The molecule has 0 aliphatic heterocycles. The maximum atomic E-state index is 3.73. The van der Waals surface area contributed by atoms with E-state index in [1.165, 1.54) is 32.1 Å². The van der Waals surface area contributed by atoms with Gasteiger partial charge in [-0.3, -0.25) is 0 Å². The van der Waals surface area contributed by atoms with Crippen LogP contribution in [0.1, 0.15) is 38.5 Å². The van der Waals surface area contributed by atoms with Crippen LogP contribution in [0.3, 0.4) is 0 Å². The molecule has 0 nitrogen and oxygen atoms in total. The SMILES string of the molecule is C=CCCC=CCCC1CC2C=CC1C2. The van der Waals surface area contributed by atoms with Gasteiger partial charge < -0.3 is 0 Å². The minimum Gasteiger partial charge on any atom is -0.103 e. The van der Waals surface area contributed by atoms with E-state index in [9.17, 15) is 0 Å². The van der Waals surface area contributed by atoms with Crippen molar-refractivity contribution in [2.24, 2.45) is 17.8 Å². The first kappa shape index (κ1) is 10.7. The molecule has 2 aliphatic carbocycles. The third kappa shape index (κ3) is 2.84. The summed E-state index contributed by atoms with van der Waals surface area (Å²) < 4.78 is 0. The Morgan fingerprint density at radius 2 is 1.93 bits per heavy atom. The summed E-state index contributed by atoms with van der Waals surface area (Å²) in [5.41, 5.74) is 0. The Kier molecular flexibility index (Phi) is 3.82. The second-order valence-corrected chi connectivity index (χ2v) is 4.96. The second-order valence-electron chi connectivity index (χ2n) is 4.96. The average Bonchev–Trinajstić information content (AvgIpc) is 2.85. The zero-order valence-electron chi connectivity index (χ0n) is 9.57. The highest BCUT2D eigenvalue weighted by Crippen LogP contribution is 2.45. The second kappa shape index (κ2) is 5.34. The van der Waals surface area contributed by atoms with Crippen LogP contribution in [0.5, 0.6) is 0 Å². The van der Waals surface area contributed by atoms with E-state index in [1.54, 1.807) is 0 Å². The van der Waals surface area contributed by atoms with E-state index >= 15 is 0 Å². The summed E-state index contributed by atoms with van der Waals surface area (Å²) in [6, 6.07) is 0. The first-order valence-electron chi connectivity index (χ1n) is 6.34. The van der Waals surface area contributed by atoms with Gasteiger partial charge in [-0.1, -0.05) is 30.4 Å². The minimum atomic E-state index is 0.927. The van der Waals surface area contributed by atoms with E-state index in [-0.39, 0.29) is 0 Å². The molecule has 0 saturated heterocycles. The number of fused-ring (bicyclic) bond motifs is 2. The summed E-state index contributed by atoms with van der Waals surface area (Å²) in [4.78, 5) is 0. The molecule has 0 aromatic heterocycles. The monoisotopic (exact) mass is 202 g/mol. The summed E-state index contributed by atoms with van der Waals surface area (Å²) in [6.45, 7) is 3.73. The van der Waals surface area contributed by atoms with Crippen molar-refractivity contribution in [1.29, 1.82) is 0 Å². The first-order valence-corrected chi connectivity index (χ1v) is 6.34.